The molecule has 4 aromatic rings. The molecule has 0 aliphatic heterocycles. The molecule has 0 saturated heterocycles. The summed E-state index contributed by atoms with van der Waals surface area (Å²) >= 11 is 0. The number of carbonyl (C=O) groups is 1. The van der Waals surface area contributed by atoms with Gasteiger partial charge < -0.3 is 9.84 Å². The Kier molecular flexibility index (Phi) is 3.31. The molecule has 0 saturated carbocycles. The minimum absolute atomic E-state index is 0.218. The number of rotatable bonds is 3. The van der Waals surface area contributed by atoms with Crippen LogP contribution in [0.15, 0.2) is 59.7 Å². The summed E-state index contributed by atoms with van der Waals surface area (Å²) in [4.78, 5) is 16.6. The molecule has 1 amide bonds. The lowest BCUT2D eigenvalue weighted by Gasteiger charge is -2.09. The van der Waals surface area contributed by atoms with Crippen LogP contribution in [0.5, 0.6) is 0 Å². The van der Waals surface area contributed by atoms with Gasteiger partial charge in [0.05, 0.1) is 17.3 Å². The Labute approximate surface area is 136 Å². The molecular formula is C17H13N5O2. The van der Waals surface area contributed by atoms with E-state index in [1.807, 2.05) is 43.3 Å². The molecular weight excluding hydrogens is 306 g/mol. The predicted molar refractivity (Wildman–Crippen MR) is 87.6 cm³/mol. The van der Waals surface area contributed by atoms with Gasteiger partial charge in [-0.25, -0.2) is 4.52 Å². The number of hydrogen-bond donors (Lipinski definition) is 1. The monoisotopic (exact) mass is 319 g/mol. The van der Waals surface area contributed by atoms with Crippen LogP contribution in [0.1, 0.15) is 15.9 Å². The SMILES string of the molecule is Cc1ccc(-c2ncon2)cc1NC(=O)c1cnn2ccccc12. The molecule has 0 aliphatic carbocycles. The zero-order chi connectivity index (χ0) is 16.5. The van der Waals surface area contributed by atoms with Crippen molar-refractivity contribution in [2.45, 2.75) is 6.92 Å². The number of amides is 1. The molecule has 0 bridgehead atoms. The fourth-order valence-electron chi connectivity index (χ4n) is 2.49. The van der Waals surface area contributed by atoms with E-state index in [-0.39, 0.29) is 5.91 Å². The highest BCUT2D eigenvalue weighted by molar-refractivity contribution is 6.09. The Morgan fingerprint density at radius 2 is 2.17 bits per heavy atom. The van der Waals surface area contributed by atoms with Crippen LogP contribution >= 0.6 is 0 Å². The van der Waals surface area contributed by atoms with Gasteiger partial charge in [0.1, 0.15) is 0 Å². The van der Waals surface area contributed by atoms with Crippen molar-refractivity contribution in [3.05, 3.63) is 66.3 Å². The molecule has 0 radical (unpaired) electrons. The first-order valence-corrected chi connectivity index (χ1v) is 7.33. The van der Waals surface area contributed by atoms with Crippen molar-refractivity contribution >= 4 is 17.1 Å². The maximum Gasteiger partial charge on any atom is 0.259 e. The van der Waals surface area contributed by atoms with Gasteiger partial charge in [0.25, 0.3) is 5.91 Å². The summed E-state index contributed by atoms with van der Waals surface area (Å²) in [5.74, 6) is 0.256. The van der Waals surface area contributed by atoms with Crippen molar-refractivity contribution in [3.8, 4) is 11.4 Å². The van der Waals surface area contributed by atoms with Crippen LogP contribution in [0.25, 0.3) is 16.9 Å². The first-order chi connectivity index (χ1) is 11.7. The number of hydrogen-bond acceptors (Lipinski definition) is 5. The van der Waals surface area contributed by atoms with Crippen molar-refractivity contribution in [2.75, 3.05) is 5.32 Å². The van der Waals surface area contributed by atoms with E-state index in [9.17, 15) is 4.79 Å². The molecule has 0 atom stereocenters. The molecule has 4 rings (SSSR count). The molecule has 24 heavy (non-hydrogen) atoms. The molecule has 0 aliphatic rings. The maximum atomic E-state index is 12.6. The Balaban J connectivity index is 1.67. The zero-order valence-electron chi connectivity index (χ0n) is 12.8. The number of carbonyl (C=O) groups excluding carboxylic acids is 1. The molecule has 0 unspecified atom stereocenters. The first-order valence-electron chi connectivity index (χ1n) is 7.33. The topological polar surface area (TPSA) is 85.3 Å². The van der Waals surface area contributed by atoms with E-state index >= 15 is 0 Å². The molecule has 1 aromatic carbocycles. The van der Waals surface area contributed by atoms with E-state index in [2.05, 4.69) is 20.6 Å². The van der Waals surface area contributed by atoms with Gasteiger partial charge in [-0.1, -0.05) is 23.4 Å². The van der Waals surface area contributed by atoms with Gasteiger partial charge in [0.15, 0.2) is 0 Å². The predicted octanol–water partition coefficient (Wildman–Crippen LogP) is 2.95. The molecule has 118 valence electrons. The summed E-state index contributed by atoms with van der Waals surface area (Å²) in [5, 5.41) is 10.9. The number of aromatic nitrogens is 4. The smallest absolute Gasteiger partial charge is 0.259 e. The third-order valence-corrected chi connectivity index (χ3v) is 3.78. The lowest BCUT2D eigenvalue weighted by atomic mass is 10.1. The minimum atomic E-state index is -0.218. The van der Waals surface area contributed by atoms with Crippen LogP contribution in [0, 0.1) is 6.92 Å². The van der Waals surface area contributed by atoms with E-state index in [4.69, 9.17) is 4.52 Å². The van der Waals surface area contributed by atoms with Crippen molar-refractivity contribution in [3.63, 3.8) is 0 Å². The van der Waals surface area contributed by atoms with Crippen molar-refractivity contribution in [2.24, 2.45) is 0 Å². The van der Waals surface area contributed by atoms with Gasteiger partial charge in [-0.05, 0) is 30.7 Å². The molecule has 1 N–H and O–H groups in total. The lowest BCUT2D eigenvalue weighted by molar-refractivity contribution is 0.102. The van der Waals surface area contributed by atoms with Gasteiger partial charge >= 0.3 is 0 Å². The van der Waals surface area contributed by atoms with Gasteiger partial charge in [0.2, 0.25) is 12.2 Å². The quantitative estimate of drug-likeness (QED) is 0.627. The Morgan fingerprint density at radius 1 is 1.25 bits per heavy atom. The summed E-state index contributed by atoms with van der Waals surface area (Å²) in [6.07, 6.45) is 4.63. The first kappa shape index (κ1) is 14.1. The van der Waals surface area contributed by atoms with Crippen LogP contribution in [0.3, 0.4) is 0 Å². The van der Waals surface area contributed by atoms with Crippen LogP contribution in [-0.4, -0.2) is 25.7 Å². The average molecular weight is 319 g/mol. The average Bonchev–Trinajstić information content (AvgIpc) is 3.26. The molecule has 7 heteroatoms. The van der Waals surface area contributed by atoms with Crippen LogP contribution < -0.4 is 5.32 Å². The number of benzene rings is 1. The summed E-state index contributed by atoms with van der Waals surface area (Å²) in [6.45, 7) is 1.92. The Hall–Kier alpha value is -3.48. The zero-order valence-corrected chi connectivity index (χ0v) is 12.8. The van der Waals surface area contributed by atoms with Crippen molar-refractivity contribution in [1.29, 1.82) is 0 Å². The standard InChI is InChI=1S/C17H13N5O2/c1-11-5-6-12(16-18-10-24-21-16)8-14(11)20-17(23)13-9-19-22-7-3-2-4-15(13)22/h2-10H,1H3,(H,20,23). The molecule has 3 aromatic heterocycles. The van der Waals surface area contributed by atoms with Crippen molar-refractivity contribution in [1.82, 2.24) is 19.8 Å². The van der Waals surface area contributed by atoms with Gasteiger partial charge in [-0.15, -0.1) is 0 Å². The van der Waals surface area contributed by atoms with Gasteiger partial charge in [-0.2, -0.15) is 10.1 Å². The summed E-state index contributed by atoms with van der Waals surface area (Å²) in [5.41, 5.74) is 3.66. The second-order valence-corrected chi connectivity index (χ2v) is 5.33. The third-order valence-electron chi connectivity index (χ3n) is 3.78. The van der Waals surface area contributed by atoms with E-state index < -0.39 is 0 Å². The van der Waals surface area contributed by atoms with E-state index in [1.54, 1.807) is 16.9 Å². The number of nitrogens with zero attached hydrogens (tertiary/aromatic N) is 4. The third kappa shape index (κ3) is 2.41. The van der Waals surface area contributed by atoms with Gasteiger partial charge in [-0.3, -0.25) is 4.79 Å². The molecule has 3 heterocycles. The molecule has 0 fully saturated rings. The van der Waals surface area contributed by atoms with E-state index in [1.165, 1.54) is 6.39 Å². The van der Waals surface area contributed by atoms with E-state index in [0.717, 1.165) is 16.6 Å². The Bertz CT molecular complexity index is 1020. The summed E-state index contributed by atoms with van der Waals surface area (Å²) < 4.78 is 6.43. The fraction of sp³-hybridized carbons (Fsp3) is 0.0588. The second kappa shape index (κ2) is 5.62. The van der Waals surface area contributed by atoms with Crippen molar-refractivity contribution < 1.29 is 9.32 Å². The summed E-state index contributed by atoms with van der Waals surface area (Å²) in [6, 6.07) is 11.2. The largest absolute Gasteiger partial charge is 0.342 e. The number of aryl methyl sites for hydroxylation is 1. The number of fused-ring (bicyclic) bond motifs is 1. The van der Waals surface area contributed by atoms with Crippen LogP contribution in [0.4, 0.5) is 5.69 Å². The number of pyridine rings is 1. The maximum absolute atomic E-state index is 12.6. The second-order valence-electron chi connectivity index (χ2n) is 5.33. The lowest BCUT2D eigenvalue weighted by Crippen LogP contribution is -2.12. The number of anilines is 1. The highest BCUT2D eigenvalue weighted by Crippen LogP contribution is 2.24. The number of nitrogens with one attached hydrogen (secondary N) is 1. The highest BCUT2D eigenvalue weighted by Gasteiger charge is 2.14. The minimum Gasteiger partial charge on any atom is -0.342 e. The molecule has 0 spiro atoms. The summed E-state index contributed by atoms with van der Waals surface area (Å²) in [7, 11) is 0. The fourth-order valence-corrected chi connectivity index (χ4v) is 2.49. The molecule has 7 nitrogen and oxygen atoms in total. The Morgan fingerprint density at radius 3 is 3.00 bits per heavy atom. The van der Waals surface area contributed by atoms with Crippen LogP contribution in [-0.2, 0) is 0 Å². The van der Waals surface area contributed by atoms with E-state index in [0.29, 0.717) is 17.1 Å². The van der Waals surface area contributed by atoms with Gasteiger partial charge in [0, 0.05) is 17.4 Å². The highest BCUT2D eigenvalue weighted by atomic mass is 16.5. The van der Waals surface area contributed by atoms with Crippen LogP contribution in [0.2, 0.25) is 0 Å². The normalized spacial score (nSPS) is 10.9.